The zero-order valence-electron chi connectivity index (χ0n) is 40.3. The normalized spacial score (nSPS) is 18.7. The first-order valence-electron chi connectivity index (χ1n) is 23.4. The number of nitrogens with one attached hydrogen (secondary N) is 2. The van der Waals surface area contributed by atoms with E-state index in [9.17, 15) is 33.9 Å². The summed E-state index contributed by atoms with van der Waals surface area (Å²) in [4.78, 5) is 91.7. The van der Waals surface area contributed by atoms with Crippen molar-refractivity contribution in [3.05, 3.63) is 115 Å². The molecule has 4 fully saturated rings. The molecule has 0 saturated carbocycles. The number of carbonyl (C=O) groups excluding carboxylic acids is 5. The van der Waals surface area contributed by atoms with E-state index in [1.165, 1.54) is 36.4 Å². The van der Waals surface area contributed by atoms with E-state index in [2.05, 4.69) is 48.6 Å². The highest BCUT2D eigenvalue weighted by Gasteiger charge is 2.43. The third kappa shape index (κ3) is 14.2. The lowest BCUT2D eigenvalue weighted by atomic mass is 10.0. The second-order valence-electron chi connectivity index (χ2n) is 18.4. The number of ether oxygens (including phenoxy) is 1. The largest absolute Gasteiger partial charge is 0.478 e. The first-order valence-corrected chi connectivity index (χ1v) is 24.2. The number of likely N-dealkylation sites (tertiary alicyclic amines) is 4. The predicted octanol–water partition coefficient (Wildman–Crippen LogP) is 7.63. The number of aryl methyl sites for hydroxylation is 4. The SMILES string of the molecule is C.COC(=O)c1cc(C)nc(NC(=O)[C@H]2CCC(=O)N2C2CCN(Cc3ccc(Cl)c(C)c3)CC2)c1.Cc1cc(C(=O)O)cc(NC(=O)[C@H]2CCC(=O)N2C2CCN(Cc3ccc(Cl)c(C)c3)CC2)n1.[B]. The topological polar surface area (TPSA) is 195 Å². The number of carboxylic acid groups (broad SMARTS) is 1. The minimum absolute atomic E-state index is 0. The van der Waals surface area contributed by atoms with Crippen molar-refractivity contribution < 1.29 is 38.6 Å². The van der Waals surface area contributed by atoms with Gasteiger partial charge in [0.2, 0.25) is 23.6 Å². The zero-order valence-corrected chi connectivity index (χ0v) is 41.8. The average molecular weight is 1010 g/mol. The number of amides is 4. The minimum atomic E-state index is -1.08. The number of hydrogen-bond acceptors (Lipinski definition) is 11. The van der Waals surface area contributed by atoms with Crippen LogP contribution in [-0.2, 0) is 37.0 Å². The molecule has 4 aliphatic heterocycles. The fourth-order valence-electron chi connectivity index (χ4n) is 9.92. The van der Waals surface area contributed by atoms with E-state index in [4.69, 9.17) is 27.9 Å². The Hall–Kier alpha value is -5.88. The van der Waals surface area contributed by atoms with Gasteiger partial charge in [-0.3, -0.25) is 29.0 Å². The van der Waals surface area contributed by atoms with Crippen LogP contribution in [0.25, 0.3) is 0 Å². The quantitative estimate of drug-likeness (QED) is 0.0930. The van der Waals surface area contributed by atoms with Gasteiger partial charge >= 0.3 is 11.9 Å². The lowest BCUT2D eigenvalue weighted by molar-refractivity contribution is -0.136. The van der Waals surface area contributed by atoms with Gasteiger partial charge in [-0.25, -0.2) is 19.6 Å². The van der Waals surface area contributed by atoms with Crippen molar-refractivity contribution >= 4 is 78.8 Å². The van der Waals surface area contributed by atoms with Crippen molar-refractivity contribution in [1.29, 1.82) is 0 Å². The molecule has 8 rings (SSSR count). The summed E-state index contributed by atoms with van der Waals surface area (Å²) in [5.41, 5.74) is 6.02. The lowest BCUT2D eigenvalue weighted by Crippen LogP contribution is -2.51. The number of hydrogen-bond donors (Lipinski definition) is 3. The smallest absolute Gasteiger partial charge is 0.338 e. The number of methoxy groups -OCH3 is 1. The van der Waals surface area contributed by atoms with Crippen LogP contribution in [0, 0.1) is 27.7 Å². The molecule has 0 unspecified atom stereocenters. The molecule has 16 nitrogen and oxygen atoms in total. The number of benzene rings is 2. The molecule has 4 saturated heterocycles. The van der Waals surface area contributed by atoms with Gasteiger partial charge in [0, 0.05) is 94.0 Å². The van der Waals surface area contributed by atoms with Crippen LogP contribution in [0.2, 0.25) is 10.0 Å². The van der Waals surface area contributed by atoms with Crippen LogP contribution in [0.5, 0.6) is 0 Å². The second kappa shape index (κ2) is 25.0. The molecular formula is C52H64BCl2N8O8. The van der Waals surface area contributed by atoms with Gasteiger partial charge < -0.3 is 30.3 Å². The van der Waals surface area contributed by atoms with Gasteiger partial charge in [-0.2, -0.15) is 0 Å². The Morgan fingerprint density at radius 1 is 0.634 bits per heavy atom. The second-order valence-corrected chi connectivity index (χ2v) is 19.2. The van der Waals surface area contributed by atoms with Gasteiger partial charge in [-0.15, -0.1) is 0 Å². The maximum absolute atomic E-state index is 13.2. The van der Waals surface area contributed by atoms with Gasteiger partial charge in [-0.05, 0) is 125 Å². The Morgan fingerprint density at radius 3 is 1.41 bits per heavy atom. The van der Waals surface area contributed by atoms with E-state index in [1.54, 1.807) is 29.7 Å². The molecule has 19 heteroatoms. The number of carboxylic acids is 1. The molecule has 4 aliphatic rings. The van der Waals surface area contributed by atoms with Crippen LogP contribution >= 0.6 is 23.2 Å². The van der Waals surface area contributed by atoms with Crippen molar-refractivity contribution in [2.75, 3.05) is 43.9 Å². The summed E-state index contributed by atoms with van der Waals surface area (Å²) in [6.07, 6.45) is 4.86. The van der Waals surface area contributed by atoms with Crippen LogP contribution in [-0.4, -0.2) is 136 Å². The summed E-state index contributed by atoms with van der Waals surface area (Å²) >= 11 is 12.3. The number of nitrogens with zero attached hydrogens (tertiary/aromatic N) is 6. The Morgan fingerprint density at radius 2 is 1.03 bits per heavy atom. The molecule has 71 heavy (non-hydrogen) atoms. The monoisotopic (exact) mass is 1010 g/mol. The summed E-state index contributed by atoms with van der Waals surface area (Å²) in [7, 11) is 1.31. The van der Waals surface area contributed by atoms with E-state index in [0.29, 0.717) is 42.6 Å². The van der Waals surface area contributed by atoms with Gasteiger partial charge in [-0.1, -0.05) is 54.9 Å². The van der Waals surface area contributed by atoms with Gasteiger partial charge in [0.15, 0.2) is 0 Å². The van der Waals surface area contributed by atoms with Crippen molar-refractivity contribution in [3.8, 4) is 0 Å². The van der Waals surface area contributed by atoms with Crippen LogP contribution in [0.4, 0.5) is 11.6 Å². The van der Waals surface area contributed by atoms with Crippen LogP contribution in [0.15, 0.2) is 60.7 Å². The van der Waals surface area contributed by atoms with Gasteiger partial charge in [0.1, 0.15) is 23.7 Å². The molecular weight excluding hydrogens is 946 g/mol. The van der Waals surface area contributed by atoms with Crippen molar-refractivity contribution in [1.82, 2.24) is 29.6 Å². The molecule has 6 heterocycles. The van der Waals surface area contributed by atoms with E-state index in [0.717, 1.165) is 86.1 Å². The molecule has 377 valence electrons. The number of rotatable bonds is 12. The van der Waals surface area contributed by atoms with E-state index in [-0.39, 0.29) is 68.8 Å². The third-order valence-electron chi connectivity index (χ3n) is 13.4. The fourth-order valence-corrected chi connectivity index (χ4v) is 10.2. The van der Waals surface area contributed by atoms with Crippen molar-refractivity contribution in [2.45, 2.75) is 124 Å². The Kier molecular flexibility index (Phi) is 19.7. The highest BCUT2D eigenvalue weighted by molar-refractivity contribution is 6.31. The predicted molar refractivity (Wildman–Crippen MR) is 275 cm³/mol. The molecule has 2 aromatic carbocycles. The van der Waals surface area contributed by atoms with Crippen LogP contribution < -0.4 is 10.6 Å². The molecule has 3 N–H and O–H groups in total. The van der Waals surface area contributed by atoms with Gasteiger partial charge in [0.05, 0.1) is 18.2 Å². The van der Waals surface area contributed by atoms with Gasteiger partial charge in [0.25, 0.3) is 0 Å². The van der Waals surface area contributed by atoms with E-state index in [1.807, 2.05) is 32.0 Å². The summed E-state index contributed by atoms with van der Waals surface area (Å²) < 4.78 is 4.78. The molecule has 4 aromatic rings. The average Bonchev–Trinajstić information content (AvgIpc) is 3.91. The number of carbonyl (C=O) groups is 6. The molecule has 4 amide bonds. The number of piperidine rings is 2. The summed E-state index contributed by atoms with van der Waals surface area (Å²) in [5.74, 6) is -1.69. The molecule has 0 spiro atoms. The van der Waals surface area contributed by atoms with Crippen molar-refractivity contribution in [2.24, 2.45) is 0 Å². The van der Waals surface area contributed by atoms with E-state index < -0.39 is 24.0 Å². The number of halogens is 2. The Labute approximate surface area is 428 Å². The first kappa shape index (κ1) is 56.0. The summed E-state index contributed by atoms with van der Waals surface area (Å²) in [6.45, 7) is 12.5. The standard InChI is InChI=1S/C26H31ClN4O4.C25H29ClN4O4.CH4.B/c1-16-12-18(4-5-21(16)27)15-30-10-8-20(9-11-30)31-22(6-7-24(31)32)25(33)29-23-14-19(26(34)35-3)13-17(2)28-23;1-15-11-17(3-4-20(15)26)14-29-9-7-19(8-10-29)30-21(5-6-23(30)31)24(32)28-22-13-18(25(33)34)12-16(2)27-22;;/h4-5,12-14,20,22H,6-11,15H2,1-3H3,(H,28,29,33);3-4,11-13,19,21H,5-10,14H2,1-2H3,(H,33,34)(H,27,28,32);1H4;/t22-;21-;;/m11../s1. The third-order valence-corrected chi connectivity index (χ3v) is 14.2. The number of anilines is 2. The maximum atomic E-state index is 13.2. The number of esters is 1. The Balaban J connectivity index is 0.000000257. The molecule has 3 radical (unpaired) electrons. The van der Waals surface area contributed by atoms with Crippen molar-refractivity contribution in [3.63, 3.8) is 0 Å². The maximum Gasteiger partial charge on any atom is 0.338 e. The summed E-state index contributed by atoms with van der Waals surface area (Å²) in [5, 5.41) is 16.3. The fraction of sp³-hybridized carbons (Fsp3) is 0.462. The first-order chi connectivity index (χ1) is 33.0. The highest BCUT2D eigenvalue weighted by Crippen LogP contribution is 2.31. The molecule has 0 aliphatic carbocycles. The zero-order chi connectivity index (χ0) is 49.5. The van der Waals surface area contributed by atoms with Crippen LogP contribution in [0.1, 0.15) is 113 Å². The Bertz CT molecular complexity index is 2600. The lowest BCUT2D eigenvalue weighted by Gasteiger charge is -2.39. The van der Waals surface area contributed by atoms with Crippen LogP contribution in [0.3, 0.4) is 0 Å². The number of pyridine rings is 2. The highest BCUT2D eigenvalue weighted by atomic mass is 35.5. The molecule has 2 aromatic heterocycles. The molecule has 0 bridgehead atoms. The summed E-state index contributed by atoms with van der Waals surface area (Å²) in [6, 6.07) is 17.0. The minimum Gasteiger partial charge on any atom is -0.478 e. The number of aromatic carboxylic acids is 1. The number of aromatic nitrogens is 2. The molecule has 2 atom stereocenters. The van der Waals surface area contributed by atoms with E-state index >= 15 is 0 Å².